The second-order valence-corrected chi connectivity index (χ2v) is 9.13. The SMILES string of the molecule is C=CCN(CC(=O)N1CCc2sccc2[C@@H]1COc1cccc(F)c1)C(=O)c1cccc(OC)c1. The molecule has 6 nitrogen and oxygen atoms in total. The average Bonchev–Trinajstić information content (AvgIpc) is 3.36. The summed E-state index contributed by atoms with van der Waals surface area (Å²) < 4.78 is 24.7. The number of carbonyl (C=O) groups is 2. The van der Waals surface area contributed by atoms with E-state index in [1.54, 1.807) is 58.7 Å². The number of thiophene rings is 1. The summed E-state index contributed by atoms with van der Waals surface area (Å²) in [6.07, 6.45) is 2.34. The molecule has 0 aliphatic carbocycles. The zero-order chi connectivity index (χ0) is 24.8. The van der Waals surface area contributed by atoms with Gasteiger partial charge in [0.05, 0.1) is 13.2 Å². The normalized spacial score (nSPS) is 14.7. The molecule has 2 heterocycles. The fourth-order valence-corrected chi connectivity index (χ4v) is 5.10. The Morgan fingerprint density at radius 2 is 2.00 bits per heavy atom. The minimum absolute atomic E-state index is 0.0992. The van der Waals surface area contributed by atoms with Crippen LogP contribution in [-0.4, -0.2) is 55.0 Å². The first-order chi connectivity index (χ1) is 17.0. The Morgan fingerprint density at radius 3 is 2.77 bits per heavy atom. The van der Waals surface area contributed by atoms with Gasteiger partial charge in [-0.1, -0.05) is 18.2 Å². The molecule has 35 heavy (non-hydrogen) atoms. The van der Waals surface area contributed by atoms with E-state index in [9.17, 15) is 14.0 Å². The largest absolute Gasteiger partial charge is 0.497 e. The number of halogens is 1. The van der Waals surface area contributed by atoms with E-state index in [0.29, 0.717) is 23.6 Å². The van der Waals surface area contributed by atoms with Gasteiger partial charge in [-0.25, -0.2) is 4.39 Å². The molecule has 0 saturated heterocycles. The van der Waals surface area contributed by atoms with Gasteiger partial charge in [-0.3, -0.25) is 9.59 Å². The molecule has 182 valence electrons. The highest BCUT2D eigenvalue weighted by atomic mass is 32.1. The lowest BCUT2D eigenvalue weighted by molar-refractivity contribution is -0.135. The van der Waals surface area contributed by atoms with E-state index < -0.39 is 0 Å². The minimum Gasteiger partial charge on any atom is -0.497 e. The highest BCUT2D eigenvalue weighted by molar-refractivity contribution is 7.10. The van der Waals surface area contributed by atoms with Crippen LogP contribution in [0.5, 0.6) is 11.5 Å². The lowest BCUT2D eigenvalue weighted by atomic mass is 10.0. The van der Waals surface area contributed by atoms with E-state index in [1.165, 1.54) is 29.0 Å². The molecule has 8 heteroatoms. The summed E-state index contributed by atoms with van der Waals surface area (Å²) in [5.74, 6) is 0.120. The van der Waals surface area contributed by atoms with E-state index in [1.807, 2.05) is 11.4 Å². The van der Waals surface area contributed by atoms with Crippen LogP contribution in [0.25, 0.3) is 0 Å². The van der Waals surface area contributed by atoms with Gasteiger partial charge < -0.3 is 19.3 Å². The number of fused-ring (bicyclic) bond motifs is 1. The summed E-state index contributed by atoms with van der Waals surface area (Å²) in [7, 11) is 1.54. The van der Waals surface area contributed by atoms with Crippen molar-refractivity contribution in [3.63, 3.8) is 0 Å². The first kappa shape index (κ1) is 24.5. The van der Waals surface area contributed by atoms with E-state index in [0.717, 1.165) is 12.0 Å². The van der Waals surface area contributed by atoms with Crippen LogP contribution < -0.4 is 9.47 Å². The lowest BCUT2D eigenvalue weighted by Crippen LogP contribution is -2.47. The maximum atomic E-state index is 13.6. The van der Waals surface area contributed by atoms with Gasteiger partial charge in [0, 0.05) is 29.6 Å². The average molecular weight is 495 g/mol. The number of carbonyl (C=O) groups excluding carboxylic acids is 2. The Labute approximate surface area is 208 Å². The third-order valence-corrected chi connectivity index (χ3v) is 6.90. The molecule has 0 bridgehead atoms. The number of hydrogen-bond donors (Lipinski definition) is 0. The van der Waals surface area contributed by atoms with Gasteiger partial charge in [0.15, 0.2) is 0 Å². The van der Waals surface area contributed by atoms with E-state index in [-0.39, 0.29) is 43.4 Å². The van der Waals surface area contributed by atoms with Crippen molar-refractivity contribution in [1.82, 2.24) is 9.80 Å². The van der Waals surface area contributed by atoms with Crippen LogP contribution in [-0.2, 0) is 11.2 Å². The Hall–Kier alpha value is -3.65. The quantitative estimate of drug-likeness (QED) is 0.404. The molecule has 0 N–H and O–H groups in total. The molecule has 1 aromatic heterocycles. The van der Waals surface area contributed by atoms with Crippen molar-refractivity contribution in [2.24, 2.45) is 0 Å². The number of hydrogen-bond acceptors (Lipinski definition) is 5. The fraction of sp³-hybridized carbons (Fsp3) is 0.259. The molecular weight excluding hydrogens is 467 g/mol. The predicted molar refractivity (Wildman–Crippen MR) is 133 cm³/mol. The van der Waals surface area contributed by atoms with Gasteiger partial charge in [0.2, 0.25) is 5.91 Å². The molecule has 2 amide bonds. The monoisotopic (exact) mass is 494 g/mol. The van der Waals surface area contributed by atoms with Gasteiger partial charge in [-0.05, 0) is 53.8 Å². The maximum absolute atomic E-state index is 13.6. The summed E-state index contributed by atoms with van der Waals surface area (Å²) >= 11 is 1.65. The Bertz CT molecular complexity index is 1210. The van der Waals surface area contributed by atoms with Crippen molar-refractivity contribution >= 4 is 23.2 Å². The molecule has 0 saturated carbocycles. The van der Waals surface area contributed by atoms with Gasteiger partial charge in [0.1, 0.15) is 30.5 Å². The molecular formula is C27H27FN2O4S. The van der Waals surface area contributed by atoms with Crippen molar-refractivity contribution in [2.45, 2.75) is 12.5 Å². The molecule has 1 atom stereocenters. The number of benzene rings is 2. The number of ether oxygens (including phenoxy) is 2. The van der Waals surface area contributed by atoms with Crippen LogP contribution in [0.3, 0.4) is 0 Å². The number of nitrogens with zero attached hydrogens (tertiary/aromatic N) is 2. The molecule has 0 spiro atoms. The molecule has 0 fully saturated rings. The highest BCUT2D eigenvalue weighted by Crippen LogP contribution is 2.34. The molecule has 1 aliphatic heterocycles. The second-order valence-electron chi connectivity index (χ2n) is 8.13. The molecule has 3 aromatic rings. The number of amides is 2. The van der Waals surface area contributed by atoms with Crippen LogP contribution in [0.2, 0.25) is 0 Å². The predicted octanol–water partition coefficient (Wildman–Crippen LogP) is 4.73. The van der Waals surface area contributed by atoms with Crippen molar-refractivity contribution in [2.75, 3.05) is 33.4 Å². The van der Waals surface area contributed by atoms with Crippen molar-refractivity contribution in [3.05, 3.63) is 94.5 Å². The molecule has 2 aromatic carbocycles. The lowest BCUT2D eigenvalue weighted by Gasteiger charge is -2.37. The van der Waals surface area contributed by atoms with Gasteiger partial charge in [-0.2, -0.15) is 0 Å². The second kappa shape index (κ2) is 11.2. The summed E-state index contributed by atoms with van der Waals surface area (Å²) in [6, 6.07) is 14.5. The van der Waals surface area contributed by atoms with Gasteiger partial charge in [0.25, 0.3) is 5.91 Å². The Balaban J connectivity index is 1.53. The topological polar surface area (TPSA) is 59.1 Å². The van der Waals surface area contributed by atoms with Crippen LogP contribution in [0, 0.1) is 5.82 Å². The molecule has 0 unspecified atom stereocenters. The third-order valence-electron chi connectivity index (χ3n) is 5.90. The zero-order valence-electron chi connectivity index (χ0n) is 19.5. The van der Waals surface area contributed by atoms with E-state index in [2.05, 4.69) is 6.58 Å². The van der Waals surface area contributed by atoms with Crippen LogP contribution in [0.4, 0.5) is 4.39 Å². The number of rotatable bonds is 9. The molecule has 1 aliphatic rings. The van der Waals surface area contributed by atoms with Crippen LogP contribution >= 0.6 is 11.3 Å². The number of methoxy groups -OCH3 is 1. The maximum Gasteiger partial charge on any atom is 0.254 e. The smallest absolute Gasteiger partial charge is 0.254 e. The summed E-state index contributed by atoms with van der Waals surface area (Å²) in [5.41, 5.74) is 1.46. The fourth-order valence-electron chi connectivity index (χ4n) is 4.17. The Morgan fingerprint density at radius 1 is 1.20 bits per heavy atom. The third kappa shape index (κ3) is 5.71. The Kier molecular flexibility index (Phi) is 7.82. The first-order valence-corrected chi connectivity index (χ1v) is 12.2. The molecule has 0 radical (unpaired) electrons. The summed E-state index contributed by atoms with van der Waals surface area (Å²) in [5, 5.41) is 2.00. The molecule has 4 rings (SSSR count). The van der Waals surface area contributed by atoms with Crippen LogP contribution in [0.1, 0.15) is 26.8 Å². The highest BCUT2D eigenvalue weighted by Gasteiger charge is 2.33. The van der Waals surface area contributed by atoms with Gasteiger partial charge in [-0.15, -0.1) is 17.9 Å². The van der Waals surface area contributed by atoms with Crippen molar-refractivity contribution in [1.29, 1.82) is 0 Å². The first-order valence-electron chi connectivity index (χ1n) is 11.3. The van der Waals surface area contributed by atoms with Gasteiger partial charge >= 0.3 is 0 Å². The summed E-state index contributed by atoms with van der Waals surface area (Å²) in [4.78, 5) is 31.1. The summed E-state index contributed by atoms with van der Waals surface area (Å²) in [6.45, 7) is 4.57. The van der Waals surface area contributed by atoms with Crippen molar-refractivity contribution in [3.8, 4) is 11.5 Å². The van der Waals surface area contributed by atoms with E-state index in [4.69, 9.17) is 9.47 Å². The standard InChI is InChI=1S/C27H27FN2O4S/c1-3-12-29(27(32)19-6-4-8-21(15-19)33-2)17-26(31)30-13-10-25-23(11-14-35-25)24(30)18-34-22-9-5-7-20(28)16-22/h3-9,11,14-16,24H,1,10,12-13,17-18H2,2H3/t24-/m0/s1. The van der Waals surface area contributed by atoms with E-state index >= 15 is 0 Å². The van der Waals surface area contributed by atoms with Crippen molar-refractivity contribution < 1.29 is 23.5 Å². The van der Waals surface area contributed by atoms with Crippen LogP contribution in [0.15, 0.2) is 72.6 Å². The minimum atomic E-state index is -0.383. The zero-order valence-corrected chi connectivity index (χ0v) is 20.3.